The van der Waals surface area contributed by atoms with Gasteiger partial charge >= 0.3 is 0 Å². The van der Waals surface area contributed by atoms with Gasteiger partial charge in [-0.05, 0) is 18.1 Å². The van der Waals surface area contributed by atoms with E-state index in [4.69, 9.17) is 16.4 Å². The highest BCUT2D eigenvalue weighted by Gasteiger charge is 2.08. The number of anilines is 2. The Morgan fingerprint density at radius 1 is 1.43 bits per heavy atom. The molecule has 7 heteroatoms. The molecule has 0 spiro atoms. The number of amidine groups is 1. The number of nitrogens with two attached hydrogens (primary N) is 1. The van der Waals surface area contributed by atoms with Crippen LogP contribution < -0.4 is 16.5 Å². The summed E-state index contributed by atoms with van der Waals surface area (Å²) in [5.74, 6) is -0.271. The summed E-state index contributed by atoms with van der Waals surface area (Å²) in [6.07, 6.45) is 0.411. The summed E-state index contributed by atoms with van der Waals surface area (Å²) in [4.78, 5) is 11.8. The summed E-state index contributed by atoms with van der Waals surface area (Å²) >= 11 is 0. The highest BCUT2D eigenvalue weighted by Crippen LogP contribution is 2.21. The Labute approximate surface area is 123 Å². The highest BCUT2D eigenvalue weighted by atomic mass is 16.1. The van der Waals surface area contributed by atoms with Gasteiger partial charge < -0.3 is 11.1 Å². The minimum atomic E-state index is -0.425. The van der Waals surface area contributed by atoms with Gasteiger partial charge in [0.15, 0.2) is 5.84 Å². The molecule has 1 aromatic carbocycles. The molecule has 0 atom stereocenters. The van der Waals surface area contributed by atoms with Crippen molar-refractivity contribution in [2.24, 2.45) is 16.8 Å². The number of benzene rings is 1. The Hall–Kier alpha value is -2.88. The maximum Gasteiger partial charge on any atom is 0.224 e. The molecule has 0 radical (unpaired) electrons. The minimum absolute atomic E-state index is 0.102. The van der Waals surface area contributed by atoms with E-state index in [9.17, 15) is 4.79 Å². The molecule has 0 saturated carbocycles. The van der Waals surface area contributed by atoms with Gasteiger partial charge in [-0.15, -0.1) is 0 Å². The molecule has 0 aromatic heterocycles. The number of carbonyl (C=O) groups is 1. The molecular formula is C14H18N6O. The molecule has 110 valence electrons. The Balaban J connectivity index is 2.88. The highest BCUT2D eigenvalue weighted by molar-refractivity contribution is 6.45. The summed E-state index contributed by atoms with van der Waals surface area (Å²) in [6, 6.07) is 8.66. The lowest BCUT2D eigenvalue weighted by Crippen LogP contribution is -2.22. The number of rotatable bonds is 6. The fourth-order valence-corrected chi connectivity index (χ4v) is 1.52. The quantitative estimate of drug-likeness (QED) is 0.362. The second-order valence-corrected chi connectivity index (χ2v) is 4.79. The molecule has 1 rings (SSSR count). The number of hydrogen-bond donors (Lipinski definition) is 4. The van der Waals surface area contributed by atoms with Crippen molar-refractivity contribution in [1.29, 1.82) is 10.7 Å². The monoisotopic (exact) mass is 286 g/mol. The third-order valence-electron chi connectivity index (χ3n) is 2.44. The van der Waals surface area contributed by atoms with Gasteiger partial charge in [-0.3, -0.25) is 15.6 Å². The van der Waals surface area contributed by atoms with Gasteiger partial charge in [-0.2, -0.15) is 10.4 Å². The topological polar surface area (TPSA) is 127 Å². The van der Waals surface area contributed by atoms with Gasteiger partial charge in [0, 0.05) is 6.42 Å². The van der Waals surface area contributed by atoms with E-state index in [0.29, 0.717) is 17.8 Å². The molecule has 0 aliphatic carbocycles. The summed E-state index contributed by atoms with van der Waals surface area (Å²) in [5, 5.41) is 22.5. The zero-order chi connectivity index (χ0) is 15.8. The minimum Gasteiger partial charge on any atom is -0.382 e. The second kappa shape index (κ2) is 7.65. The number of hydrogen-bond acceptors (Lipinski definition) is 5. The zero-order valence-electron chi connectivity index (χ0n) is 12.0. The number of nitriles is 1. The molecule has 0 saturated heterocycles. The van der Waals surface area contributed by atoms with E-state index >= 15 is 0 Å². The van der Waals surface area contributed by atoms with Crippen LogP contribution in [-0.2, 0) is 4.79 Å². The van der Waals surface area contributed by atoms with E-state index in [2.05, 4.69) is 15.8 Å². The number of hydrazone groups is 1. The Kier molecular flexibility index (Phi) is 5.89. The lowest BCUT2D eigenvalue weighted by atomic mass is 10.1. The van der Waals surface area contributed by atoms with Crippen LogP contribution in [0, 0.1) is 22.7 Å². The van der Waals surface area contributed by atoms with Crippen LogP contribution in [0.4, 0.5) is 11.4 Å². The van der Waals surface area contributed by atoms with E-state index in [1.807, 2.05) is 13.8 Å². The Morgan fingerprint density at radius 2 is 2.05 bits per heavy atom. The van der Waals surface area contributed by atoms with Crippen molar-refractivity contribution in [3.8, 4) is 6.07 Å². The number of amides is 1. The van der Waals surface area contributed by atoms with Crippen molar-refractivity contribution in [1.82, 2.24) is 0 Å². The predicted molar refractivity (Wildman–Crippen MR) is 83.1 cm³/mol. The van der Waals surface area contributed by atoms with E-state index < -0.39 is 5.84 Å². The zero-order valence-corrected chi connectivity index (χ0v) is 12.0. The third-order valence-corrected chi connectivity index (χ3v) is 2.44. The third kappa shape index (κ3) is 5.32. The Morgan fingerprint density at radius 3 is 2.57 bits per heavy atom. The van der Waals surface area contributed by atoms with Crippen LogP contribution in [0.15, 0.2) is 29.4 Å². The molecule has 0 unspecified atom stereocenters. The van der Waals surface area contributed by atoms with Crippen LogP contribution in [0.3, 0.4) is 0 Å². The lowest BCUT2D eigenvalue weighted by Gasteiger charge is -2.11. The molecular weight excluding hydrogens is 268 g/mol. The summed E-state index contributed by atoms with van der Waals surface area (Å²) in [7, 11) is 0. The molecule has 5 N–H and O–H groups in total. The number of carbonyl (C=O) groups excluding carboxylic acids is 1. The molecule has 0 aliphatic rings. The largest absolute Gasteiger partial charge is 0.382 e. The average molecular weight is 286 g/mol. The van der Waals surface area contributed by atoms with Crippen LogP contribution in [0.5, 0.6) is 0 Å². The molecule has 0 bridgehead atoms. The van der Waals surface area contributed by atoms with Gasteiger partial charge in [0.1, 0.15) is 6.07 Å². The molecule has 0 heterocycles. The molecule has 7 nitrogen and oxygen atoms in total. The first-order valence-electron chi connectivity index (χ1n) is 6.41. The van der Waals surface area contributed by atoms with Crippen molar-refractivity contribution in [3.63, 3.8) is 0 Å². The maximum absolute atomic E-state index is 11.8. The molecule has 0 fully saturated rings. The molecule has 0 aliphatic heterocycles. The summed E-state index contributed by atoms with van der Waals surface area (Å²) in [6.45, 7) is 3.92. The fourth-order valence-electron chi connectivity index (χ4n) is 1.52. The van der Waals surface area contributed by atoms with Gasteiger partial charge in [0.05, 0.1) is 11.4 Å². The standard InChI is InChI=1S/C14H18N6O/c1-9(2)7-13(21)18-10-5-3-4-6-11(10)19-20-12(8-15)14(16)17/h3-6,9,19H,7H2,1-2H3,(H3,16,17)(H,18,21)/b20-12+. The van der Waals surface area contributed by atoms with Gasteiger partial charge in [-0.25, -0.2) is 0 Å². The normalized spacial score (nSPS) is 10.9. The van der Waals surface area contributed by atoms with E-state index in [0.717, 1.165) is 0 Å². The molecule has 1 amide bonds. The van der Waals surface area contributed by atoms with Crippen molar-refractivity contribution in [3.05, 3.63) is 24.3 Å². The summed E-state index contributed by atoms with van der Waals surface area (Å²) < 4.78 is 0. The van der Waals surface area contributed by atoms with Crippen LogP contribution in [0.25, 0.3) is 0 Å². The summed E-state index contributed by atoms with van der Waals surface area (Å²) in [5.41, 5.74) is 8.68. The first-order chi connectivity index (χ1) is 9.93. The van der Waals surface area contributed by atoms with Gasteiger partial charge in [0.25, 0.3) is 0 Å². The van der Waals surface area contributed by atoms with Gasteiger partial charge in [-0.1, -0.05) is 26.0 Å². The van der Waals surface area contributed by atoms with Crippen molar-refractivity contribution >= 4 is 28.8 Å². The van der Waals surface area contributed by atoms with E-state index in [1.165, 1.54) is 0 Å². The predicted octanol–water partition coefficient (Wildman–Crippen LogP) is 1.90. The van der Waals surface area contributed by atoms with Crippen LogP contribution >= 0.6 is 0 Å². The first kappa shape index (κ1) is 16.2. The van der Waals surface area contributed by atoms with Crippen LogP contribution in [0.2, 0.25) is 0 Å². The Bertz CT molecular complexity index is 600. The van der Waals surface area contributed by atoms with Gasteiger partial charge in [0.2, 0.25) is 11.6 Å². The van der Waals surface area contributed by atoms with Crippen molar-refractivity contribution < 1.29 is 4.79 Å². The maximum atomic E-state index is 11.8. The SMILES string of the molecule is CC(C)CC(=O)Nc1ccccc1N/N=C(\C#N)C(=N)N. The van der Waals surface area contributed by atoms with E-state index in [-0.39, 0.29) is 17.5 Å². The van der Waals surface area contributed by atoms with Crippen LogP contribution in [-0.4, -0.2) is 17.5 Å². The average Bonchev–Trinajstić information content (AvgIpc) is 2.39. The molecule has 1 aromatic rings. The smallest absolute Gasteiger partial charge is 0.224 e. The fraction of sp³-hybridized carbons (Fsp3) is 0.286. The van der Waals surface area contributed by atoms with Crippen molar-refractivity contribution in [2.75, 3.05) is 10.7 Å². The first-order valence-corrected chi connectivity index (χ1v) is 6.41. The number of nitrogens with one attached hydrogen (secondary N) is 3. The van der Waals surface area contributed by atoms with E-state index in [1.54, 1.807) is 30.3 Å². The second-order valence-electron chi connectivity index (χ2n) is 4.79. The lowest BCUT2D eigenvalue weighted by molar-refractivity contribution is -0.116. The van der Waals surface area contributed by atoms with Crippen LogP contribution in [0.1, 0.15) is 20.3 Å². The molecule has 21 heavy (non-hydrogen) atoms. The number of nitrogens with zero attached hydrogens (tertiary/aromatic N) is 2. The van der Waals surface area contributed by atoms with Crippen molar-refractivity contribution in [2.45, 2.75) is 20.3 Å². The number of para-hydroxylation sites is 2.